The molecule has 0 saturated carbocycles. The molecule has 5 nitrogen and oxygen atoms in total. The molecule has 0 spiro atoms. The van der Waals surface area contributed by atoms with Crippen molar-refractivity contribution in [3.8, 4) is 0 Å². The largest absolute Gasteiger partial charge is 0.456 e. The number of hydrogen-bond donors (Lipinski definition) is 0. The Morgan fingerprint density at radius 2 is 1.64 bits per heavy atom. The van der Waals surface area contributed by atoms with Crippen LogP contribution in [0, 0.1) is 0 Å². The molecule has 2 aromatic heterocycles. The molecule has 148 valence electrons. The van der Waals surface area contributed by atoms with Gasteiger partial charge in [0.25, 0.3) is 5.56 Å². The van der Waals surface area contributed by atoms with Gasteiger partial charge in [0.1, 0.15) is 6.61 Å². The molecular weight excluding hydrogens is 414 g/mol. The number of fused-ring (bicyclic) bond motifs is 1. The van der Waals surface area contributed by atoms with E-state index in [4.69, 9.17) is 4.74 Å². The van der Waals surface area contributed by atoms with Gasteiger partial charge in [0.05, 0.1) is 22.4 Å². The van der Waals surface area contributed by atoms with E-state index >= 15 is 0 Å². The van der Waals surface area contributed by atoms with Gasteiger partial charge in [-0.15, -0.1) is 11.3 Å². The van der Waals surface area contributed by atoms with Crippen LogP contribution in [0.5, 0.6) is 0 Å². The Morgan fingerprint density at radius 1 is 1.04 bits per heavy atom. The Labute approximate surface area is 155 Å². The van der Waals surface area contributed by atoms with Crippen molar-refractivity contribution in [1.82, 2.24) is 9.38 Å². The first-order valence-electron chi connectivity index (χ1n) is 7.37. The molecule has 0 aliphatic rings. The molecule has 1 aromatic carbocycles. The molecular formula is C16H8F6N2O3S. The standard InChI is InChI=1S/C16H8F6N2O3S/c17-15(18,19)9-3-8(4-10(5-9)16(20,21)22)13(26)27-7-11-6-12(25)24-1-2-28-14(24)23-11/h1-6H,7H2. The van der Waals surface area contributed by atoms with Gasteiger partial charge in [0, 0.05) is 17.6 Å². The molecule has 28 heavy (non-hydrogen) atoms. The summed E-state index contributed by atoms with van der Waals surface area (Å²) in [6.45, 7) is -0.597. The highest BCUT2D eigenvalue weighted by molar-refractivity contribution is 7.15. The second-order valence-electron chi connectivity index (χ2n) is 5.51. The fourth-order valence-electron chi connectivity index (χ4n) is 2.26. The summed E-state index contributed by atoms with van der Waals surface area (Å²) in [6.07, 6.45) is -8.71. The molecule has 3 rings (SSSR count). The minimum Gasteiger partial charge on any atom is -0.456 e. The first-order valence-corrected chi connectivity index (χ1v) is 8.25. The number of carbonyl (C=O) groups is 1. The zero-order chi connectivity index (χ0) is 20.7. The summed E-state index contributed by atoms with van der Waals surface area (Å²) in [5.41, 5.74) is -4.66. The molecule has 0 unspecified atom stereocenters. The van der Waals surface area contributed by atoms with Crippen molar-refractivity contribution in [3.63, 3.8) is 0 Å². The zero-order valence-electron chi connectivity index (χ0n) is 13.5. The highest BCUT2D eigenvalue weighted by Gasteiger charge is 2.37. The number of alkyl halides is 6. The van der Waals surface area contributed by atoms with E-state index in [1.165, 1.54) is 10.6 Å². The van der Waals surface area contributed by atoms with Crippen LogP contribution in [-0.2, 0) is 23.7 Å². The van der Waals surface area contributed by atoms with E-state index in [1.54, 1.807) is 5.38 Å². The predicted octanol–water partition coefficient (Wildman–Crippen LogP) is 4.15. The Hall–Kier alpha value is -2.89. The summed E-state index contributed by atoms with van der Waals surface area (Å²) in [6, 6.07) is 1.48. The van der Waals surface area contributed by atoms with Crippen LogP contribution < -0.4 is 5.56 Å². The molecule has 0 amide bonds. The molecule has 3 aromatic rings. The fraction of sp³-hybridized carbons (Fsp3) is 0.188. The summed E-state index contributed by atoms with van der Waals surface area (Å²) in [5, 5.41) is 1.58. The lowest BCUT2D eigenvalue weighted by Crippen LogP contribution is -2.16. The quantitative estimate of drug-likeness (QED) is 0.470. The number of ether oxygens (including phenoxy) is 1. The number of rotatable bonds is 3. The number of esters is 1. The molecule has 0 atom stereocenters. The van der Waals surface area contributed by atoms with Gasteiger partial charge in [-0.25, -0.2) is 9.78 Å². The summed E-state index contributed by atoms with van der Waals surface area (Å²) in [5.74, 6) is -1.41. The van der Waals surface area contributed by atoms with Gasteiger partial charge in [-0.05, 0) is 18.2 Å². The maximum atomic E-state index is 12.8. The first-order chi connectivity index (χ1) is 12.9. The number of halogens is 6. The van der Waals surface area contributed by atoms with Crippen LogP contribution in [0.15, 0.2) is 40.6 Å². The minimum absolute atomic E-state index is 0.00354. The first kappa shape index (κ1) is 19.9. The Kier molecular flexibility index (Phi) is 4.91. The normalized spacial score (nSPS) is 12.4. The van der Waals surface area contributed by atoms with E-state index in [0.717, 1.165) is 17.4 Å². The molecule has 2 heterocycles. The van der Waals surface area contributed by atoms with E-state index in [9.17, 15) is 35.9 Å². The third-order valence-electron chi connectivity index (χ3n) is 3.53. The van der Waals surface area contributed by atoms with E-state index in [2.05, 4.69) is 4.98 Å². The number of thiazole rings is 1. The van der Waals surface area contributed by atoms with Crippen LogP contribution in [0.25, 0.3) is 4.96 Å². The number of hydrogen-bond acceptors (Lipinski definition) is 5. The summed E-state index contributed by atoms with van der Waals surface area (Å²) in [7, 11) is 0. The molecule has 0 N–H and O–H groups in total. The molecule has 0 fully saturated rings. The maximum Gasteiger partial charge on any atom is 0.416 e. The smallest absolute Gasteiger partial charge is 0.416 e. The monoisotopic (exact) mass is 422 g/mol. The number of nitrogens with zero attached hydrogens (tertiary/aromatic N) is 2. The maximum absolute atomic E-state index is 12.8. The molecule has 0 radical (unpaired) electrons. The highest BCUT2D eigenvalue weighted by atomic mass is 32.1. The van der Waals surface area contributed by atoms with Crippen LogP contribution >= 0.6 is 11.3 Å². The van der Waals surface area contributed by atoms with E-state index in [0.29, 0.717) is 0 Å². The third-order valence-corrected chi connectivity index (χ3v) is 4.29. The van der Waals surface area contributed by atoms with Crippen molar-refractivity contribution < 1.29 is 35.9 Å². The van der Waals surface area contributed by atoms with Crippen molar-refractivity contribution >= 4 is 22.3 Å². The van der Waals surface area contributed by atoms with Crippen LogP contribution in [0.2, 0.25) is 0 Å². The zero-order valence-corrected chi connectivity index (χ0v) is 14.3. The average Bonchev–Trinajstić information content (AvgIpc) is 3.07. The lowest BCUT2D eigenvalue weighted by atomic mass is 10.0. The van der Waals surface area contributed by atoms with Crippen molar-refractivity contribution in [1.29, 1.82) is 0 Å². The van der Waals surface area contributed by atoms with Gasteiger partial charge in [-0.3, -0.25) is 9.20 Å². The van der Waals surface area contributed by atoms with Crippen molar-refractivity contribution in [2.24, 2.45) is 0 Å². The second-order valence-corrected chi connectivity index (χ2v) is 6.39. The topological polar surface area (TPSA) is 60.7 Å². The number of carbonyl (C=O) groups excluding carboxylic acids is 1. The Balaban J connectivity index is 1.87. The fourth-order valence-corrected chi connectivity index (χ4v) is 3.00. The van der Waals surface area contributed by atoms with E-state index in [-0.39, 0.29) is 28.9 Å². The summed E-state index contributed by atoms with van der Waals surface area (Å²) in [4.78, 5) is 28.1. The van der Waals surface area contributed by atoms with Crippen molar-refractivity contribution in [3.05, 3.63) is 68.6 Å². The highest BCUT2D eigenvalue weighted by Crippen LogP contribution is 2.36. The summed E-state index contributed by atoms with van der Waals surface area (Å²) >= 11 is 1.12. The lowest BCUT2D eigenvalue weighted by Gasteiger charge is -2.13. The summed E-state index contributed by atoms with van der Waals surface area (Å²) < 4.78 is 83.1. The third kappa shape index (κ3) is 4.16. The Bertz CT molecular complexity index is 1070. The van der Waals surface area contributed by atoms with Gasteiger partial charge in [0.2, 0.25) is 0 Å². The van der Waals surface area contributed by atoms with Gasteiger partial charge in [-0.2, -0.15) is 26.3 Å². The van der Waals surface area contributed by atoms with E-state index in [1.807, 2.05) is 0 Å². The van der Waals surface area contributed by atoms with Crippen LogP contribution in [0.4, 0.5) is 26.3 Å². The Morgan fingerprint density at radius 3 is 2.21 bits per heavy atom. The number of aromatic nitrogens is 2. The molecule has 0 saturated heterocycles. The molecule has 0 aliphatic carbocycles. The minimum atomic E-state index is -5.09. The van der Waals surface area contributed by atoms with Crippen molar-refractivity contribution in [2.45, 2.75) is 19.0 Å². The van der Waals surface area contributed by atoms with Gasteiger partial charge >= 0.3 is 18.3 Å². The average molecular weight is 422 g/mol. The second kappa shape index (κ2) is 6.93. The van der Waals surface area contributed by atoms with Gasteiger partial charge in [-0.1, -0.05) is 0 Å². The van der Waals surface area contributed by atoms with Crippen LogP contribution in [-0.4, -0.2) is 15.4 Å². The number of benzene rings is 1. The molecule has 0 aliphatic heterocycles. The molecule has 0 bridgehead atoms. The van der Waals surface area contributed by atoms with Crippen molar-refractivity contribution in [2.75, 3.05) is 0 Å². The van der Waals surface area contributed by atoms with E-state index < -0.39 is 47.2 Å². The van der Waals surface area contributed by atoms with Gasteiger partial charge in [0.15, 0.2) is 4.96 Å². The lowest BCUT2D eigenvalue weighted by molar-refractivity contribution is -0.143. The van der Waals surface area contributed by atoms with Gasteiger partial charge < -0.3 is 4.74 Å². The van der Waals surface area contributed by atoms with Crippen LogP contribution in [0.3, 0.4) is 0 Å². The molecule has 12 heteroatoms. The van der Waals surface area contributed by atoms with Crippen LogP contribution in [0.1, 0.15) is 27.2 Å². The predicted molar refractivity (Wildman–Crippen MR) is 84.9 cm³/mol. The SMILES string of the molecule is O=C(OCc1cc(=O)n2ccsc2n1)c1cc(C(F)(F)F)cc(C(F)(F)F)c1.